The van der Waals surface area contributed by atoms with E-state index in [-0.39, 0.29) is 12.5 Å². The molecule has 1 aliphatic heterocycles. The summed E-state index contributed by atoms with van der Waals surface area (Å²) in [5.41, 5.74) is 1.19. The second-order valence-corrected chi connectivity index (χ2v) is 5.71. The van der Waals surface area contributed by atoms with Crippen molar-refractivity contribution in [2.75, 3.05) is 11.4 Å². The number of carbonyl (C=O) groups is 1. The predicted octanol–water partition coefficient (Wildman–Crippen LogP) is 3.23. The van der Waals surface area contributed by atoms with Crippen molar-refractivity contribution in [3.8, 4) is 11.4 Å². The Kier molecular flexibility index (Phi) is 4.04. The highest BCUT2D eigenvalue weighted by atomic mass is 19.2. The lowest BCUT2D eigenvalue weighted by Crippen LogP contribution is -2.39. The van der Waals surface area contributed by atoms with Gasteiger partial charge in [0.25, 0.3) is 5.95 Å². The predicted molar refractivity (Wildman–Crippen MR) is 87.2 cm³/mol. The molecule has 132 valence electrons. The van der Waals surface area contributed by atoms with Crippen LogP contribution in [0.25, 0.3) is 11.4 Å². The summed E-state index contributed by atoms with van der Waals surface area (Å²) in [5.74, 6) is -1.23. The largest absolute Gasteiger partial charge is 0.441 e. The maximum Gasteiger partial charge on any atom is 0.417 e. The van der Waals surface area contributed by atoms with Crippen LogP contribution in [-0.4, -0.2) is 32.8 Å². The molecule has 2 aromatic heterocycles. The normalized spacial score (nSPS) is 17.2. The fourth-order valence-electron chi connectivity index (χ4n) is 2.72. The second-order valence-electron chi connectivity index (χ2n) is 5.71. The zero-order valence-electron chi connectivity index (χ0n) is 13.4. The van der Waals surface area contributed by atoms with Gasteiger partial charge in [-0.25, -0.2) is 18.5 Å². The van der Waals surface area contributed by atoms with Crippen molar-refractivity contribution < 1.29 is 18.3 Å². The molecule has 9 heteroatoms. The van der Waals surface area contributed by atoms with Crippen molar-refractivity contribution in [2.24, 2.45) is 0 Å². The molecule has 1 aromatic carbocycles. The smallest absolute Gasteiger partial charge is 0.417 e. The Hall–Kier alpha value is -3.36. The Morgan fingerprint density at radius 3 is 2.69 bits per heavy atom. The van der Waals surface area contributed by atoms with Crippen LogP contribution >= 0.6 is 0 Å². The Bertz CT molecular complexity index is 947. The Morgan fingerprint density at radius 2 is 1.96 bits per heavy atom. The zero-order valence-corrected chi connectivity index (χ0v) is 13.4. The van der Waals surface area contributed by atoms with E-state index in [0.717, 1.165) is 17.7 Å². The third kappa shape index (κ3) is 2.99. The number of hydrogen-bond donors (Lipinski definition) is 1. The van der Waals surface area contributed by atoms with Gasteiger partial charge in [0, 0.05) is 30.9 Å². The van der Waals surface area contributed by atoms with Gasteiger partial charge < -0.3 is 4.74 Å². The fourth-order valence-corrected chi connectivity index (χ4v) is 2.72. The molecule has 26 heavy (non-hydrogen) atoms. The number of nitrogens with zero attached hydrogens (tertiary/aromatic N) is 4. The van der Waals surface area contributed by atoms with E-state index in [9.17, 15) is 13.6 Å². The molecular weight excluding hydrogens is 344 g/mol. The summed E-state index contributed by atoms with van der Waals surface area (Å²) in [7, 11) is 0. The third-order valence-electron chi connectivity index (χ3n) is 4.06. The molecule has 0 aliphatic carbocycles. The summed E-state index contributed by atoms with van der Waals surface area (Å²) >= 11 is 0. The van der Waals surface area contributed by atoms with E-state index in [4.69, 9.17) is 4.74 Å². The van der Waals surface area contributed by atoms with Gasteiger partial charge in [0.15, 0.2) is 17.5 Å². The van der Waals surface area contributed by atoms with Crippen LogP contribution in [0, 0.1) is 11.6 Å². The average molecular weight is 357 g/mol. The number of halogens is 2. The van der Waals surface area contributed by atoms with Crippen LogP contribution in [0.2, 0.25) is 0 Å². The quantitative estimate of drug-likeness (QED) is 0.778. The van der Waals surface area contributed by atoms with Gasteiger partial charge in [-0.05, 0) is 29.8 Å². The molecule has 4 rings (SSSR count). The molecule has 1 fully saturated rings. The van der Waals surface area contributed by atoms with Gasteiger partial charge >= 0.3 is 6.09 Å². The molecule has 3 aromatic rings. The number of rotatable bonds is 3. The molecule has 3 heterocycles. The molecule has 0 bridgehead atoms. The van der Waals surface area contributed by atoms with Crippen LogP contribution < -0.4 is 4.90 Å². The van der Waals surface area contributed by atoms with E-state index in [1.807, 2.05) is 0 Å². The van der Waals surface area contributed by atoms with Crippen molar-refractivity contribution in [1.82, 2.24) is 20.2 Å². The van der Waals surface area contributed by atoms with E-state index >= 15 is 0 Å². The summed E-state index contributed by atoms with van der Waals surface area (Å²) in [5, 5.41) is 6.82. The van der Waals surface area contributed by atoms with Crippen LogP contribution in [0.1, 0.15) is 18.1 Å². The monoisotopic (exact) mass is 357 g/mol. The van der Waals surface area contributed by atoms with Crippen molar-refractivity contribution >= 4 is 12.0 Å². The molecule has 1 N–H and O–H groups in total. The number of aromatic nitrogens is 4. The molecule has 0 saturated carbocycles. The number of cyclic esters (lactones) is 1. The minimum Gasteiger partial charge on any atom is -0.441 e. The van der Waals surface area contributed by atoms with Crippen molar-refractivity contribution in [3.63, 3.8) is 0 Å². The third-order valence-corrected chi connectivity index (χ3v) is 4.06. The molecular formula is C17H13F2N5O2. The number of pyridine rings is 1. The van der Waals surface area contributed by atoms with Gasteiger partial charge in [-0.2, -0.15) is 4.98 Å². The molecule has 0 radical (unpaired) electrons. The van der Waals surface area contributed by atoms with E-state index in [2.05, 4.69) is 20.2 Å². The van der Waals surface area contributed by atoms with Gasteiger partial charge in [-0.15, -0.1) is 5.10 Å². The van der Waals surface area contributed by atoms with Crippen LogP contribution in [0.3, 0.4) is 0 Å². The van der Waals surface area contributed by atoms with Gasteiger partial charge in [0.05, 0.1) is 0 Å². The lowest BCUT2D eigenvalue weighted by Gasteiger charge is -2.29. The summed E-state index contributed by atoms with van der Waals surface area (Å²) in [6.07, 6.45) is 2.35. The van der Waals surface area contributed by atoms with Crippen molar-refractivity contribution in [3.05, 3.63) is 59.9 Å². The Balaban J connectivity index is 1.50. The van der Waals surface area contributed by atoms with Crippen molar-refractivity contribution in [2.45, 2.75) is 12.5 Å². The summed E-state index contributed by atoms with van der Waals surface area (Å²) in [6.45, 7) is 0.288. The number of amides is 1. The Morgan fingerprint density at radius 1 is 1.15 bits per heavy atom. The highest BCUT2D eigenvalue weighted by molar-refractivity contribution is 5.86. The molecule has 1 aliphatic rings. The standard InChI is InChI=1S/C17H13F2N5O2/c18-12-2-1-11(9-13(12)19)14-5-8-24(17(25)26-14)16-21-15(22-23-16)10-3-6-20-7-4-10/h1-4,6-7,9,14H,5,8H2,(H,21,22,23). The first-order valence-electron chi connectivity index (χ1n) is 7.88. The van der Waals surface area contributed by atoms with Gasteiger partial charge in [-0.1, -0.05) is 6.07 Å². The lowest BCUT2D eigenvalue weighted by atomic mass is 10.1. The number of hydrogen-bond acceptors (Lipinski definition) is 5. The minimum atomic E-state index is -0.975. The number of benzene rings is 1. The summed E-state index contributed by atoms with van der Waals surface area (Å²) < 4.78 is 31.8. The maximum atomic E-state index is 13.4. The van der Waals surface area contributed by atoms with Crippen LogP contribution in [0.5, 0.6) is 0 Å². The van der Waals surface area contributed by atoms with E-state index in [1.54, 1.807) is 24.5 Å². The SMILES string of the molecule is O=C1OC(c2ccc(F)c(F)c2)CCN1c1n[nH]c(-c2ccncc2)n1. The van der Waals surface area contributed by atoms with E-state index in [1.165, 1.54) is 11.0 Å². The first-order valence-corrected chi connectivity index (χ1v) is 7.88. The average Bonchev–Trinajstić information content (AvgIpc) is 3.14. The summed E-state index contributed by atoms with van der Waals surface area (Å²) in [4.78, 5) is 21.8. The first-order chi connectivity index (χ1) is 12.6. The minimum absolute atomic E-state index is 0.186. The number of anilines is 1. The van der Waals surface area contributed by atoms with Gasteiger partial charge in [0.1, 0.15) is 6.10 Å². The van der Waals surface area contributed by atoms with Crippen LogP contribution in [-0.2, 0) is 4.74 Å². The number of ether oxygens (including phenoxy) is 1. The van der Waals surface area contributed by atoms with E-state index < -0.39 is 23.8 Å². The lowest BCUT2D eigenvalue weighted by molar-refractivity contribution is 0.0834. The highest BCUT2D eigenvalue weighted by Crippen LogP contribution is 2.29. The maximum absolute atomic E-state index is 13.4. The van der Waals surface area contributed by atoms with Gasteiger partial charge in [0.2, 0.25) is 0 Å². The molecule has 7 nitrogen and oxygen atoms in total. The number of H-pyrrole nitrogens is 1. The van der Waals surface area contributed by atoms with Crippen LogP contribution in [0.4, 0.5) is 19.5 Å². The molecule has 0 spiro atoms. The fraction of sp³-hybridized carbons (Fsp3) is 0.176. The zero-order chi connectivity index (χ0) is 18.1. The van der Waals surface area contributed by atoms with E-state index in [0.29, 0.717) is 17.8 Å². The Labute approximate surface area is 146 Å². The molecule has 1 unspecified atom stereocenters. The van der Waals surface area contributed by atoms with Crippen LogP contribution in [0.15, 0.2) is 42.7 Å². The van der Waals surface area contributed by atoms with Crippen molar-refractivity contribution in [1.29, 1.82) is 0 Å². The number of nitrogens with one attached hydrogen (secondary N) is 1. The highest BCUT2D eigenvalue weighted by Gasteiger charge is 2.31. The second kappa shape index (κ2) is 6.51. The molecule has 1 amide bonds. The summed E-state index contributed by atoms with van der Waals surface area (Å²) in [6, 6.07) is 6.98. The number of aromatic amines is 1. The molecule has 1 atom stereocenters. The first kappa shape index (κ1) is 16.1. The molecule has 1 saturated heterocycles. The topological polar surface area (TPSA) is 84.0 Å². The number of carbonyl (C=O) groups excluding carboxylic acids is 1. The van der Waals surface area contributed by atoms with Gasteiger partial charge in [-0.3, -0.25) is 10.1 Å².